The highest BCUT2D eigenvalue weighted by molar-refractivity contribution is 5.70. The summed E-state index contributed by atoms with van der Waals surface area (Å²) in [6.07, 6.45) is 0.658. The molecule has 1 rings (SSSR count). The second-order valence-electron chi connectivity index (χ2n) is 3.97. The lowest BCUT2D eigenvalue weighted by atomic mass is 10.3. The molecule has 0 fully saturated rings. The molecule has 0 aromatic heterocycles. The van der Waals surface area contributed by atoms with E-state index in [9.17, 15) is 4.79 Å². The van der Waals surface area contributed by atoms with E-state index < -0.39 is 0 Å². The van der Waals surface area contributed by atoms with Crippen LogP contribution >= 0.6 is 0 Å². The van der Waals surface area contributed by atoms with Crippen molar-refractivity contribution in [2.75, 3.05) is 6.54 Å². The number of para-hydroxylation sites is 1. The third kappa shape index (κ3) is 3.57. The summed E-state index contributed by atoms with van der Waals surface area (Å²) in [4.78, 5) is 13.6. The molecule has 3 nitrogen and oxygen atoms in total. The highest BCUT2D eigenvalue weighted by atomic mass is 16.6. The number of amides is 1. The number of carbonyl (C=O) groups excluding carboxylic acids is 1. The molecule has 0 heterocycles. The van der Waals surface area contributed by atoms with E-state index in [2.05, 4.69) is 0 Å². The number of hydrogen-bond donors (Lipinski definition) is 0. The largest absolute Gasteiger partial charge is 0.415 e. The van der Waals surface area contributed by atoms with Gasteiger partial charge in [0.05, 0.1) is 0 Å². The molecule has 0 aliphatic rings. The number of rotatable bonds is 4. The van der Waals surface area contributed by atoms with Crippen molar-refractivity contribution in [1.82, 2.24) is 4.90 Å². The second kappa shape index (κ2) is 6.16. The molecule has 3 heteroatoms. The Morgan fingerprint density at radius 3 is 2.44 bits per heavy atom. The van der Waals surface area contributed by atoms with E-state index >= 15 is 0 Å². The van der Waals surface area contributed by atoms with Crippen molar-refractivity contribution >= 4 is 6.09 Å². The number of hydrogen-bond acceptors (Lipinski definition) is 2. The molecule has 0 aliphatic carbocycles. The maximum Gasteiger partial charge on any atom is 0.415 e. The van der Waals surface area contributed by atoms with Gasteiger partial charge in [0.1, 0.15) is 5.75 Å². The van der Waals surface area contributed by atoms with Crippen LogP contribution in [-0.4, -0.2) is 23.6 Å². The number of nitrogens with zero attached hydrogens (tertiary/aromatic N) is 1. The van der Waals surface area contributed by atoms with Gasteiger partial charge in [-0.2, -0.15) is 0 Å². The van der Waals surface area contributed by atoms with E-state index in [0.717, 1.165) is 13.0 Å². The van der Waals surface area contributed by atoms with Gasteiger partial charge in [0.2, 0.25) is 0 Å². The molecule has 0 saturated carbocycles. The highest BCUT2D eigenvalue weighted by Crippen LogP contribution is 2.11. The van der Waals surface area contributed by atoms with Crippen LogP contribution in [0, 0.1) is 0 Å². The zero-order chi connectivity index (χ0) is 12.0. The van der Waals surface area contributed by atoms with Gasteiger partial charge in [0.15, 0.2) is 0 Å². The Kier molecular flexibility index (Phi) is 4.83. The van der Waals surface area contributed by atoms with Crippen LogP contribution in [0.3, 0.4) is 0 Å². The normalized spacial score (nSPS) is 10.2. The van der Waals surface area contributed by atoms with Gasteiger partial charge in [0.25, 0.3) is 0 Å². The molecule has 88 valence electrons. The fourth-order valence-electron chi connectivity index (χ4n) is 1.45. The van der Waals surface area contributed by atoms with Crippen LogP contribution in [0.15, 0.2) is 30.3 Å². The van der Waals surface area contributed by atoms with Crippen LogP contribution in [0.2, 0.25) is 0 Å². The summed E-state index contributed by atoms with van der Waals surface area (Å²) in [5.41, 5.74) is 0. The van der Waals surface area contributed by atoms with Crippen LogP contribution in [0.25, 0.3) is 0 Å². The van der Waals surface area contributed by atoms with Gasteiger partial charge in [-0.15, -0.1) is 0 Å². The van der Waals surface area contributed by atoms with Gasteiger partial charge < -0.3 is 9.64 Å². The fourth-order valence-corrected chi connectivity index (χ4v) is 1.45. The number of carbonyl (C=O) groups is 1. The predicted molar refractivity (Wildman–Crippen MR) is 64.6 cm³/mol. The quantitative estimate of drug-likeness (QED) is 0.780. The van der Waals surface area contributed by atoms with Gasteiger partial charge in [0, 0.05) is 12.6 Å². The summed E-state index contributed by atoms with van der Waals surface area (Å²) in [7, 11) is 0. The molecule has 1 amide bonds. The molecule has 0 radical (unpaired) electrons. The minimum atomic E-state index is -0.275. The monoisotopic (exact) mass is 221 g/mol. The predicted octanol–water partition coefficient (Wildman–Crippen LogP) is 3.31. The van der Waals surface area contributed by atoms with Crippen molar-refractivity contribution in [2.45, 2.75) is 33.2 Å². The van der Waals surface area contributed by atoms with Crippen molar-refractivity contribution in [3.63, 3.8) is 0 Å². The third-order valence-corrected chi connectivity index (χ3v) is 2.27. The summed E-state index contributed by atoms with van der Waals surface area (Å²) >= 11 is 0. The zero-order valence-corrected chi connectivity index (χ0v) is 10.1. The van der Waals surface area contributed by atoms with Gasteiger partial charge in [-0.3, -0.25) is 0 Å². The van der Waals surface area contributed by atoms with Crippen LogP contribution in [0.5, 0.6) is 5.75 Å². The molecule has 0 N–H and O–H groups in total. The van der Waals surface area contributed by atoms with Gasteiger partial charge in [-0.05, 0) is 32.4 Å². The maximum atomic E-state index is 11.8. The molecule has 1 aromatic rings. The van der Waals surface area contributed by atoms with Crippen molar-refractivity contribution in [3.05, 3.63) is 30.3 Å². The standard InChI is InChI=1S/C13H19NO2/c1-4-10-14(11(2)3)13(15)16-12-8-6-5-7-9-12/h5-9,11H,4,10H2,1-3H3. The second-order valence-corrected chi connectivity index (χ2v) is 3.97. The van der Waals surface area contributed by atoms with E-state index in [1.54, 1.807) is 17.0 Å². The molecule has 16 heavy (non-hydrogen) atoms. The Morgan fingerprint density at radius 2 is 1.94 bits per heavy atom. The number of ether oxygens (including phenoxy) is 1. The van der Waals surface area contributed by atoms with Crippen molar-refractivity contribution < 1.29 is 9.53 Å². The SMILES string of the molecule is CCCN(C(=O)Oc1ccccc1)C(C)C. The van der Waals surface area contributed by atoms with Gasteiger partial charge >= 0.3 is 6.09 Å². The molecule has 0 atom stereocenters. The molecule has 0 saturated heterocycles. The Morgan fingerprint density at radius 1 is 1.31 bits per heavy atom. The first-order chi connectivity index (χ1) is 7.65. The van der Waals surface area contributed by atoms with E-state index in [0.29, 0.717) is 5.75 Å². The lowest BCUT2D eigenvalue weighted by Crippen LogP contribution is -2.39. The molecule has 0 aliphatic heterocycles. The Labute approximate surface area is 97.0 Å². The summed E-state index contributed by atoms with van der Waals surface area (Å²) in [5.74, 6) is 0.592. The van der Waals surface area contributed by atoms with E-state index in [-0.39, 0.29) is 12.1 Å². The average molecular weight is 221 g/mol. The van der Waals surface area contributed by atoms with E-state index in [1.807, 2.05) is 39.0 Å². The summed E-state index contributed by atoms with van der Waals surface area (Å²) in [6, 6.07) is 9.31. The third-order valence-electron chi connectivity index (χ3n) is 2.27. The van der Waals surface area contributed by atoms with Crippen molar-refractivity contribution in [2.24, 2.45) is 0 Å². The smallest absolute Gasteiger partial charge is 0.410 e. The Hall–Kier alpha value is -1.51. The van der Waals surface area contributed by atoms with E-state index in [4.69, 9.17) is 4.74 Å². The van der Waals surface area contributed by atoms with Crippen molar-refractivity contribution in [1.29, 1.82) is 0 Å². The van der Waals surface area contributed by atoms with Crippen LogP contribution < -0.4 is 4.74 Å². The summed E-state index contributed by atoms with van der Waals surface area (Å²) in [5, 5.41) is 0. The summed E-state index contributed by atoms with van der Waals surface area (Å²) < 4.78 is 5.28. The molecule has 0 unspecified atom stereocenters. The van der Waals surface area contributed by atoms with Crippen LogP contribution in [0.1, 0.15) is 27.2 Å². The maximum absolute atomic E-state index is 11.8. The Bertz CT molecular complexity index is 322. The first kappa shape index (κ1) is 12.6. The zero-order valence-electron chi connectivity index (χ0n) is 10.1. The fraction of sp³-hybridized carbons (Fsp3) is 0.462. The van der Waals surface area contributed by atoms with E-state index in [1.165, 1.54) is 0 Å². The topological polar surface area (TPSA) is 29.5 Å². The van der Waals surface area contributed by atoms with Crippen LogP contribution in [0.4, 0.5) is 4.79 Å². The molecule has 1 aromatic carbocycles. The molecular weight excluding hydrogens is 202 g/mol. The Balaban J connectivity index is 2.62. The van der Waals surface area contributed by atoms with Crippen molar-refractivity contribution in [3.8, 4) is 5.75 Å². The molecule has 0 bridgehead atoms. The first-order valence-electron chi connectivity index (χ1n) is 5.68. The lowest BCUT2D eigenvalue weighted by Gasteiger charge is -2.25. The molecular formula is C13H19NO2. The highest BCUT2D eigenvalue weighted by Gasteiger charge is 2.17. The minimum Gasteiger partial charge on any atom is -0.410 e. The molecule has 0 spiro atoms. The first-order valence-corrected chi connectivity index (χ1v) is 5.68. The average Bonchev–Trinajstić information content (AvgIpc) is 2.26. The minimum absolute atomic E-state index is 0.163. The van der Waals surface area contributed by atoms with Gasteiger partial charge in [-0.1, -0.05) is 25.1 Å². The van der Waals surface area contributed by atoms with Crippen LogP contribution in [-0.2, 0) is 0 Å². The summed E-state index contributed by atoms with van der Waals surface area (Å²) in [6.45, 7) is 6.75. The lowest BCUT2D eigenvalue weighted by molar-refractivity contribution is 0.139. The number of benzene rings is 1. The van der Waals surface area contributed by atoms with Gasteiger partial charge in [-0.25, -0.2) is 4.79 Å².